The monoisotopic (exact) mass is 234 g/mol. The van der Waals surface area contributed by atoms with Crippen molar-refractivity contribution in [2.24, 2.45) is 0 Å². The molecular formula is C13H22N4. The summed E-state index contributed by atoms with van der Waals surface area (Å²) in [5.74, 6) is 1.11. The van der Waals surface area contributed by atoms with E-state index in [4.69, 9.17) is 0 Å². The zero-order chi connectivity index (χ0) is 11.9. The van der Waals surface area contributed by atoms with Gasteiger partial charge >= 0.3 is 0 Å². The van der Waals surface area contributed by atoms with Crippen molar-refractivity contribution in [3.8, 4) is 0 Å². The number of anilines is 1. The minimum atomic E-state index is 1.06. The van der Waals surface area contributed by atoms with E-state index in [0.717, 1.165) is 51.6 Å². The number of likely N-dealkylation sites (N-methyl/N-ethyl adjacent to an activating group) is 1. The van der Waals surface area contributed by atoms with Gasteiger partial charge in [-0.3, -0.25) is 4.90 Å². The van der Waals surface area contributed by atoms with E-state index >= 15 is 0 Å². The zero-order valence-corrected chi connectivity index (χ0v) is 10.6. The first kappa shape index (κ1) is 12.3. The Balaban J connectivity index is 1.74. The van der Waals surface area contributed by atoms with E-state index in [9.17, 15) is 0 Å². The first-order valence-electron chi connectivity index (χ1n) is 6.49. The lowest BCUT2D eigenvalue weighted by atomic mass is 10.3. The van der Waals surface area contributed by atoms with Gasteiger partial charge in [0, 0.05) is 45.5 Å². The lowest BCUT2D eigenvalue weighted by Gasteiger charge is -2.35. The smallest absolute Gasteiger partial charge is 0.128 e. The Kier molecular flexibility index (Phi) is 4.76. The van der Waals surface area contributed by atoms with E-state index in [2.05, 4.69) is 39.2 Å². The van der Waals surface area contributed by atoms with Gasteiger partial charge < -0.3 is 10.2 Å². The van der Waals surface area contributed by atoms with Crippen molar-refractivity contribution >= 4 is 5.82 Å². The number of hydrogen-bond donors (Lipinski definition) is 1. The number of nitrogens with one attached hydrogen (secondary N) is 1. The molecule has 0 unspecified atom stereocenters. The van der Waals surface area contributed by atoms with Crippen LogP contribution in [0.4, 0.5) is 5.82 Å². The molecule has 2 heterocycles. The largest absolute Gasteiger partial charge is 0.354 e. The van der Waals surface area contributed by atoms with E-state index in [-0.39, 0.29) is 0 Å². The summed E-state index contributed by atoms with van der Waals surface area (Å²) in [4.78, 5) is 9.28. The molecule has 1 aromatic rings. The van der Waals surface area contributed by atoms with Crippen LogP contribution < -0.4 is 10.2 Å². The van der Waals surface area contributed by atoms with Gasteiger partial charge in [-0.2, -0.15) is 0 Å². The number of nitrogens with zero attached hydrogens (tertiary/aromatic N) is 3. The second-order valence-corrected chi connectivity index (χ2v) is 4.37. The second-order valence-electron chi connectivity index (χ2n) is 4.37. The first-order chi connectivity index (χ1) is 8.40. The van der Waals surface area contributed by atoms with E-state index in [1.165, 1.54) is 0 Å². The zero-order valence-electron chi connectivity index (χ0n) is 10.6. The second kappa shape index (κ2) is 6.57. The Morgan fingerprint density at radius 1 is 1.24 bits per heavy atom. The molecule has 0 spiro atoms. The maximum atomic E-state index is 4.40. The molecular weight excluding hydrogens is 212 g/mol. The fourth-order valence-electron chi connectivity index (χ4n) is 2.16. The molecule has 0 bridgehead atoms. The van der Waals surface area contributed by atoms with Crippen molar-refractivity contribution < 1.29 is 0 Å². The number of aromatic nitrogens is 1. The Labute approximate surface area is 104 Å². The van der Waals surface area contributed by atoms with Crippen molar-refractivity contribution in [1.29, 1.82) is 0 Å². The Bertz CT molecular complexity index is 306. The van der Waals surface area contributed by atoms with Gasteiger partial charge in [0.1, 0.15) is 5.82 Å². The molecule has 4 nitrogen and oxygen atoms in total. The van der Waals surface area contributed by atoms with Crippen molar-refractivity contribution in [1.82, 2.24) is 15.2 Å². The van der Waals surface area contributed by atoms with Crippen LogP contribution in [-0.4, -0.2) is 55.7 Å². The summed E-state index contributed by atoms with van der Waals surface area (Å²) in [5, 5.41) is 3.37. The van der Waals surface area contributed by atoms with Crippen LogP contribution in [-0.2, 0) is 0 Å². The molecule has 1 saturated heterocycles. The summed E-state index contributed by atoms with van der Waals surface area (Å²) >= 11 is 0. The maximum Gasteiger partial charge on any atom is 0.128 e. The highest BCUT2D eigenvalue weighted by Crippen LogP contribution is 2.11. The third-order valence-corrected chi connectivity index (χ3v) is 3.20. The maximum absolute atomic E-state index is 4.40. The lowest BCUT2D eigenvalue weighted by molar-refractivity contribution is 0.258. The molecule has 1 aromatic heterocycles. The molecule has 0 aromatic carbocycles. The van der Waals surface area contributed by atoms with Crippen molar-refractivity contribution in [2.75, 3.05) is 50.7 Å². The minimum absolute atomic E-state index is 1.06. The Morgan fingerprint density at radius 3 is 2.71 bits per heavy atom. The van der Waals surface area contributed by atoms with Gasteiger partial charge in [-0.05, 0) is 18.7 Å². The van der Waals surface area contributed by atoms with Crippen LogP contribution in [0.5, 0.6) is 0 Å². The summed E-state index contributed by atoms with van der Waals surface area (Å²) < 4.78 is 0. The summed E-state index contributed by atoms with van der Waals surface area (Å²) in [7, 11) is 0. The highest BCUT2D eigenvalue weighted by atomic mass is 15.3. The predicted octanol–water partition coefficient (Wildman–Crippen LogP) is 0.813. The summed E-state index contributed by atoms with van der Waals surface area (Å²) in [6.45, 7) is 9.92. The van der Waals surface area contributed by atoms with Crippen LogP contribution in [0.3, 0.4) is 0 Å². The molecule has 0 atom stereocenters. The Morgan fingerprint density at radius 2 is 2.06 bits per heavy atom. The lowest BCUT2D eigenvalue weighted by Crippen LogP contribution is -2.48. The van der Waals surface area contributed by atoms with Crippen molar-refractivity contribution in [2.45, 2.75) is 6.92 Å². The average molecular weight is 234 g/mol. The molecule has 1 N–H and O–H groups in total. The van der Waals surface area contributed by atoms with Crippen LogP contribution in [0.15, 0.2) is 24.4 Å². The SMILES string of the molecule is CCNCCN1CCN(c2ccccn2)CC1. The molecule has 1 aliphatic rings. The van der Waals surface area contributed by atoms with Gasteiger partial charge in [0.15, 0.2) is 0 Å². The quantitative estimate of drug-likeness (QED) is 0.764. The number of rotatable bonds is 5. The van der Waals surface area contributed by atoms with Gasteiger partial charge in [-0.25, -0.2) is 4.98 Å². The van der Waals surface area contributed by atoms with Gasteiger partial charge in [0.25, 0.3) is 0 Å². The van der Waals surface area contributed by atoms with E-state index < -0.39 is 0 Å². The standard InChI is InChI=1S/C13H22N4/c1-2-14-7-8-16-9-11-17(12-10-16)13-5-3-4-6-15-13/h3-6,14H,2,7-12H2,1H3. The number of piperazine rings is 1. The average Bonchev–Trinajstić information content (AvgIpc) is 2.41. The third-order valence-electron chi connectivity index (χ3n) is 3.20. The highest BCUT2D eigenvalue weighted by molar-refractivity contribution is 5.38. The topological polar surface area (TPSA) is 31.4 Å². The van der Waals surface area contributed by atoms with E-state index in [0.29, 0.717) is 0 Å². The predicted molar refractivity (Wildman–Crippen MR) is 71.4 cm³/mol. The van der Waals surface area contributed by atoms with Gasteiger partial charge in [0.05, 0.1) is 0 Å². The molecule has 0 radical (unpaired) electrons. The van der Waals surface area contributed by atoms with Crippen LogP contribution in [0, 0.1) is 0 Å². The normalized spacial score (nSPS) is 17.4. The summed E-state index contributed by atoms with van der Waals surface area (Å²) in [6.07, 6.45) is 1.87. The highest BCUT2D eigenvalue weighted by Gasteiger charge is 2.16. The van der Waals surface area contributed by atoms with Crippen LogP contribution >= 0.6 is 0 Å². The van der Waals surface area contributed by atoms with Crippen molar-refractivity contribution in [3.05, 3.63) is 24.4 Å². The van der Waals surface area contributed by atoms with Crippen LogP contribution in [0.1, 0.15) is 6.92 Å². The molecule has 0 saturated carbocycles. The van der Waals surface area contributed by atoms with Crippen LogP contribution in [0.2, 0.25) is 0 Å². The molecule has 4 heteroatoms. The van der Waals surface area contributed by atoms with Gasteiger partial charge in [-0.1, -0.05) is 13.0 Å². The molecule has 0 amide bonds. The molecule has 17 heavy (non-hydrogen) atoms. The molecule has 2 rings (SSSR count). The molecule has 0 aliphatic carbocycles. The molecule has 94 valence electrons. The van der Waals surface area contributed by atoms with E-state index in [1.54, 1.807) is 0 Å². The molecule has 1 aliphatic heterocycles. The Hall–Kier alpha value is -1.13. The summed E-state index contributed by atoms with van der Waals surface area (Å²) in [6, 6.07) is 6.12. The first-order valence-corrected chi connectivity index (χ1v) is 6.49. The number of pyridine rings is 1. The molecule has 1 fully saturated rings. The fourth-order valence-corrected chi connectivity index (χ4v) is 2.16. The summed E-state index contributed by atoms with van der Waals surface area (Å²) in [5.41, 5.74) is 0. The third kappa shape index (κ3) is 3.68. The van der Waals surface area contributed by atoms with Gasteiger partial charge in [-0.15, -0.1) is 0 Å². The van der Waals surface area contributed by atoms with Crippen LogP contribution in [0.25, 0.3) is 0 Å². The minimum Gasteiger partial charge on any atom is -0.354 e. The van der Waals surface area contributed by atoms with Crippen molar-refractivity contribution in [3.63, 3.8) is 0 Å². The number of hydrogen-bond acceptors (Lipinski definition) is 4. The van der Waals surface area contributed by atoms with Gasteiger partial charge in [0.2, 0.25) is 0 Å². The van der Waals surface area contributed by atoms with E-state index in [1.807, 2.05) is 12.3 Å². The fraction of sp³-hybridized carbons (Fsp3) is 0.615.